The minimum absolute atomic E-state index is 0.232. The van der Waals surface area contributed by atoms with Crippen LogP contribution in [0.5, 0.6) is 0 Å². The van der Waals surface area contributed by atoms with Gasteiger partial charge in [-0.2, -0.15) is 0 Å². The smallest absolute Gasteiger partial charge is 0.00631 e. The summed E-state index contributed by atoms with van der Waals surface area (Å²) < 4.78 is 0. The molecule has 0 N–H and O–H groups in total. The van der Waals surface area contributed by atoms with Gasteiger partial charge >= 0.3 is 0 Å². The summed E-state index contributed by atoms with van der Waals surface area (Å²) in [5, 5.41) is 0. The lowest BCUT2D eigenvalue weighted by Crippen LogP contribution is -2.47. The number of rotatable bonds is 11. The highest BCUT2D eigenvalue weighted by molar-refractivity contribution is 7.80. The lowest BCUT2D eigenvalue weighted by molar-refractivity contribution is 0.562. The van der Waals surface area contributed by atoms with Crippen LogP contribution in [0.4, 0.5) is 0 Å². The van der Waals surface area contributed by atoms with Crippen LogP contribution in [0, 0.1) is 0 Å². The van der Waals surface area contributed by atoms with E-state index in [4.69, 9.17) is 0 Å². The van der Waals surface area contributed by atoms with Gasteiger partial charge in [0.2, 0.25) is 0 Å². The normalized spacial score (nSPS) is 26.8. The summed E-state index contributed by atoms with van der Waals surface area (Å²) in [5.74, 6) is 0. The molecule has 0 nitrogen and oxygen atoms in total. The molecule has 108 valence electrons. The standard InChI is InChI=1S/C12H36Si6/c1-2-3-4-5-6-7-8-9-10-11-12-18-16-14-13-15-17-18/h18H,2-17H2,1H3. The van der Waals surface area contributed by atoms with Gasteiger partial charge in [-0.25, -0.2) is 0 Å². The van der Waals surface area contributed by atoms with Crippen molar-refractivity contribution in [2.45, 2.75) is 77.2 Å². The van der Waals surface area contributed by atoms with E-state index >= 15 is 0 Å². The molecule has 0 unspecified atom stereocenters. The Morgan fingerprint density at radius 3 is 1.67 bits per heavy atom. The maximum Gasteiger partial charge on any atom is 0.00631 e. The van der Waals surface area contributed by atoms with Gasteiger partial charge in [0.1, 0.15) is 0 Å². The van der Waals surface area contributed by atoms with Gasteiger partial charge in [-0.15, -0.1) is 0 Å². The molecule has 0 spiro atoms. The van der Waals surface area contributed by atoms with E-state index in [9.17, 15) is 0 Å². The van der Waals surface area contributed by atoms with E-state index in [0.717, 1.165) is 42.8 Å². The zero-order valence-electron chi connectivity index (χ0n) is 12.9. The van der Waals surface area contributed by atoms with Gasteiger partial charge in [0.05, 0.1) is 0 Å². The van der Waals surface area contributed by atoms with E-state index in [0.29, 0.717) is 0 Å². The predicted octanol–water partition coefficient (Wildman–Crippen LogP) is -0.355. The summed E-state index contributed by atoms with van der Waals surface area (Å²) in [5.41, 5.74) is 0. The first kappa shape index (κ1) is 17.4. The average Bonchev–Trinajstić information content (AvgIpc) is 2.42. The van der Waals surface area contributed by atoms with Gasteiger partial charge < -0.3 is 0 Å². The molecule has 1 aliphatic rings. The second kappa shape index (κ2) is 13.3. The van der Waals surface area contributed by atoms with Gasteiger partial charge in [-0.1, -0.05) is 77.2 Å². The molecule has 0 aromatic heterocycles. The van der Waals surface area contributed by atoms with Crippen LogP contribution < -0.4 is 0 Å². The molecule has 1 aliphatic heterocycles. The van der Waals surface area contributed by atoms with Crippen LogP contribution in [0.15, 0.2) is 0 Å². The zero-order chi connectivity index (χ0) is 12.9. The fourth-order valence-corrected chi connectivity index (χ4v) is 254. The van der Waals surface area contributed by atoms with E-state index in [1.54, 1.807) is 32.1 Å². The molecule has 0 aliphatic carbocycles. The van der Waals surface area contributed by atoms with E-state index in [1.807, 2.05) is 6.04 Å². The van der Waals surface area contributed by atoms with Crippen LogP contribution >= 0.6 is 0 Å². The minimum atomic E-state index is 0.232. The van der Waals surface area contributed by atoms with Crippen molar-refractivity contribution in [2.75, 3.05) is 0 Å². The van der Waals surface area contributed by atoms with Gasteiger partial charge in [-0.3, -0.25) is 0 Å². The molecule has 0 saturated carbocycles. The van der Waals surface area contributed by atoms with Gasteiger partial charge in [0, 0.05) is 7.83 Å². The van der Waals surface area contributed by atoms with Crippen LogP contribution in [0.25, 0.3) is 0 Å². The van der Waals surface area contributed by atoms with E-state index in [-0.39, 0.29) is 7.83 Å². The highest BCUT2D eigenvalue weighted by Crippen LogP contribution is 2.12. The molecule has 0 radical (unpaired) electrons. The Bertz CT molecular complexity index is 172. The highest BCUT2D eigenvalue weighted by Gasteiger charge is 2.15. The van der Waals surface area contributed by atoms with Crippen molar-refractivity contribution in [3.8, 4) is 0 Å². The van der Waals surface area contributed by atoms with Gasteiger partial charge in [-0.05, 0) is 42.8 Å². The molecular formula is C12H36Si6. The van der Waals surface area contributed by atoms with E-state index in [2.05, 4.69) is 6.92 Å². The van der Waals surface area contributed by atoms with Crippen molar-refractivity contribution in [1.29, 1.82) is 0 Å². The zero-order valence-corrected chi connectivity index (χ0v) is 21.1. The van der Waals surface area contributed by atoms with Crippen LogP contribution in [-0.4, -0.2) is 50.6 Å². The summed E-state index contributed by atoms with van der Waals surface area (Å²) in [6, 6.07) is 1.89. The fourth-order valence-electron chi connectivity index (χ4n) is 3.40. The van der Waals surface area contributed by atoms with Crippen LogP contribution in [0.1, 0.15) is 71.1 Å². The van der Waals surface area contributed by atoms with Crippen LogP contribution in [0.2, 0.25) is 6.04 Å². The van der Waals surface area contributed by atoms with E-state index < -0.39 is 0 Å². The van der Waals surface area contributed by atoms with Crippen molar-refractivity contribution in [3.05, 3.63) is 0 Å². The predicted molar refractivity (Wildman–Crippen MR) is 107 cm³/mol. The SMILES string of the molecule is CCCCCCCCCCCC[SiH]1[SiH2][SiH2][SiH2][SiH2][SiH2]1. The Morgan fingerprint density at radius 1 is 0.611 bits per heavy atom. The summed E-state index contributed by atoms with van der Waals surface area (Å²) in [4.78, 5) is 0. The second-order valence-electron chi connectivity index (χ2n) is 6.47. The largest absolute Gasteiger partial charge is 0.0654 e. The first-order valence-electron chi connectivity index (χ1n) is 8.93. The quantitative estimate of drug-likeness (QED) is 0.353. The van der Waals surface area contributed by atoms with Crippen LogP contribution in [0.3, 0.4) is 0 Å². The van der Waals surface area contributed by atoms with Crippen molar-refractivity contribution in [2.24, 2.45) is 0 Å². The Kier molecular flexibility index (Phi) is 12.8. The molecule has 0 atom stereocenters. The molecular weight excluding hydrogens is 313 g/mol. The molecule has 1 fully saturated rings. The summed E-state index contributed by atoms with van der Waals surface area (Å²) in [7, 11) is 4.38. The molecule has 1 heterocycles. The monoisotopic (exact) mass is 348 g/mol. The Labute approximate surface area is 127 Å². The summed E-state index contributed by atoms with van der Waals surface area (Å²) in [6.45, 7) is 2.31. The third-order valence-electron chi connectivity index (χ3n) is 4.69. The van der Waals surface area contributed by atoms with Crippen LogP contribution in [-0.2, 0) is 0 Å². The van der Waals surface area contributed by atoms with E-state index in [1.165, 1.54) is 32.1 Å². The summed E-state index contributed by atoms with van der Waals surface area (Å²) >= 11 is 0. The minimum Gasteiger partial charge on any atom is -0.0654 e. The first-order chi connectivity index (χ1) is 8.93. The average molecular weight is 349 g/mol. The fraction of sp³-hybridized carbons (Fsp3) is 1.00. The molecule has 0 amide bonds. The molecule has 1 saturated heterocycles. The molecule has 0 aromatic carbocycles. The van der Waals surface area contributed by atoms with Gasteiger partial charge in [0.25, 0.3) is 0 Å². The topological polar surface area (TPSA) is 0 Å². The highest BCUT2D eigenvalue weighted by atomic mass is 30.1. The lowest BCUT2D eigenvalue weighted by Gasteiger charge is -2.17. The van der Waals surface area contributed by atoms with Crippen molar-refractivity contribution >= 4 is 50.6 Å². The second-order valence-corrected chi connectivity index (χ2v) is 61.8. The van der Waals surface area contributed by atoms with Crippen molar-refractivity contribution in [3.63, 3.8) is 0 Å². The maximum absolute atomic E-state index is 2.31. The third-order valence-corrected chi connectivity index (χ3v) is 124. The molecule has 6 heteroatoms. The molecule has 0 bridgehead atoms. The Hall–Kier alpha value is 1.30. The third kappa shape index (κ3) is 10.1. The first-order valence-corrected chi connectivity index (χ1v) is 32.3. The van der Waals surface area contributed by atoms with Crippen molar-refractivity contribution < 1.29 is 0 Å². The summed E-state index contributed by atoms with van der Waals surface area (Å²) in [6.07, 6.45) is 15.4. The number of unbranched alkanes of at least 4 members (excludes halogenated alkanes) is 9. The lowest BCUT2D eigenvalue weighted by atomic mass is 10.1. The number of hydrogen-bond acceptors (Lipinski definition) is 0. The molecule has 0 aromatic rings. The maximum atomic E-state index is 2.31. The van der Waals surface area contributed by atoms with Crippen molar-refractivity contribution in [1.82, 2.24) is 0 Å². The molecule has 18 heavy (non-hydrogen) atoms. The number of hydrogen-bond donors (Lipinski definition) is 0. The Morgan fingerprint density at radius 2 is 1.11 bits per heavy atom. The van der Waals surface area contributed by atoms with Gasteiger partial charge in [0.15, 0.2) is 0 Å². The molecule has 1 rings (SSSR count). The Balaban J connectivity index is 1.73.